The lowest BCUT2D eigenvalue weighted by Gasteiger charge is -1.89. The zero-order chi connectivity index (χ0) is 10.8. The van der Waals surface area contributed by atoms with Gasteiger partial charge in [0.25, 0.3) is 0 Å². The molecule has 0 aliphatic rings. The lowest BCUT2D eigenvalue weighted by Crippen LogP contribution is -1.98. The molecular formula is C9H8FN3O2. The van der Waals surface area contributed by atoms with Gasteiger partial charge in [-0.2, -0.15) is 0 Å². The first-order valence-electron chi connectivity index (χ1n) is 4.37. The van der Waals surface area contributed by atoms with E-state index in [0.717, 1.165) is 6.20 Å². The molecule has 2 aromatic rings. The highest BCUT2D eigenvalue weighted by molar-refractivity contribution is 5.70. The van der Waals surface area contributed by atoms with E-state index in [-0.39, 0.29) is 12.8 Å². The highest BCUT2D eigenvalue weighted by Gasteiger charge is 2.06. The molecule has 15 heavy (non-hydrogen) atoms. The predicted molar refractivity (Wildman–Crippen MR) is 49.8 cm³/mol. The van der Waals surface area contributed by atoms with Crippen LogP contribution in [0.1, 0.15) is 12.2 Å². The molecule has 6 heteroatoms. The Morgan fingerprint density at radius 2 is 2.40 bits per heavy atom. The fourth-order valence-electron chi connectivity index (χ4n) is 1.27. The average Bonchev–Trinajstić information content (AvgIpc) is 2.56. The molecule has 0 bridgehead atoms. The van der Waals surface area contributed by atoms with Gasteiger partial charge in [-0.1, -0.05) is 0 Å². The first-order chi connectivity index (χ1) is 7.15. The number of nitrogens with one attached hydrogen (secondary N) is 1. The number of aromatic amines is 1. The van der Waals surface area contributed by atoms with E-state index in [0.29, 0.717) is 17.0 Å². The Labute approximate surface area is 84.0 Å². The molecule has 0 radical (unpaired) electrons. The number of carbonyl (C=O) groups is 1. The number of carboxylic acids is 1. The Hall–Kier alpha value is -1.98. The molecule has 78 valence electrons. The van der Waals surface area contributed by atoms with Gasteiger partial charge >= 0.3 is 5.97 Å². The first kappa shape index (κ1) is 9.57. The number of aromatic nitrogens is 3. The van der Waals surface area contributed by atoms with Crippen LogP contribution in [-0.2, 0) is 11.2 Å². The van der Waals surface area contributed by atoms with Gasteiger partial charge in [-0.3, -0.25) is 4.79 Å². The lowest BCUT2D eigenvalue weighted by atomic mass is 10.3. The molecule has 2 rings (SSSR count). The van der Waals surface area contributed by atoms with Crippen molar-refractivity contribution in [2.45, 2.75) is 12.8 Å². The maximum absolute atomic E-state index is 12.8. The van der Waals surface area contributed by atoms with Crippen molar-refractivity contribution in [3.8, 4) is 0 Å². The molecule has 0 unspecified atom stereocenters. The molecule has 5 nitrogen and oxygen atoms in total. The van der Waals surface area contributed by atoms with Gasteiger partial charge in [-0.05, 0) is 0 Å². The normalized spacial score (nSPS) is 10.7. The molecule has 0 aromatic carbocycles. The highest BCUT2D eigenvalue weighted by atomic mass is 19.1. The smallest absolute Gasteiger partial charge is 0.303 e. The molecule has 0 aliphatic heterocycles. The standard InChI is InChI=1S/C9H8FN3O2/c10-5-3-6-9(11-4-5)13-7(12-6)1-2-8(14)15/h3-4H,1-2H2,(H,14,15)(H,11,12,13). The third kappa shape index (κ3) is 2.09. The Morgan fingerprint density at radius 3 is 3.13 bits per heavy atom. The van der Waals surface area contributed by atoms with E-state index in [4.69, 9.17) is 5.11 Å². The predicted octanol–water partition coefficient (Wildman–Crippen LogP) is 1.11. The molecule has 2 N–H and O–H groups in total. The van der Waals surface area contributed by atoms with Gasteiger partial charge in [0.05, 0.1) is 18.1 Å². The summed E-state index contributed by atoms with van der Waals surface area (Å²) >= 11 is 0. The van der Waals surface area contributed by atoms with E-state index in [9.17, 15) is 9.18 Å². The topological polar surface area (TPSA) is 78.9 Å². The van der Waals surface area contributed by atoms with Crippen LogP contribution in [-0.4, -0.2) is 26.0 Å². The number of hydrogen-bond acceptors (Lipinski definition) is 3. The van der Waals surface area contributed by atoms with Gasteiger partial charge in [0.15, 0.2) is 5.65 Å². The molecule has 2 aromatic heterocycles. The molecule has 0 saturated carbocycles. The maximum atomic E-state index is 12.8. The quantitative estimate of drug-likeness (QED) is 0.793. The van der Waals surface area contributed by atoms with Crippen LogP contribution in [0.3, 0.4) is 0 Å². The summed E-state index contributed by atoms with van der Waals surface area (Å²) in [6.45, 7) is 0. The number of pyridine rings is 1. The summed E-state index contributed by atoms with van der Waals surface area (Å²) in [5, 5.41) is 8.48. The van der Waals surface area contributed by atoms with E-state index in [1.54, 1.807) is 0 Å². The minimum absolute atomic E-state index is 0.0116. The largest absolute Gasteiger partial charge is 0.481 e. The number of nitrogens with zero attached hydrogens (tertiary/aromatic N) is 2. The van der Waals surface area contributed by atoms with Gasteiger partial charge in [-0.15, -0.1) is 0 Å². The first-order valence-corrected chi connectivity index (χ1v) is 4.37. The minimum atomic E-state index is -0.894. The Morgan fingerprint density at radius 1 is 1.60 bits per heavy atom. The summed E-state index contributed by atoms with van der Waals surface area (Å²) in [4.78, 5) is 20.9. The fourth-order valence-corrected chi connectivity index (χ4v) is 1.27. The number of hydrogen-bond donors (Lipinski definition) is 2. The second kappa shape index (κ2) is 3.64. The molecule has 0 spiro atoms. The van der Waals surface area contributed by atoms with Crippen LogP contribution in [0.4, 0.5) is 4.39 Å². The average molecular weight is 209 g/mol. The minimum Gasteiger partial charge on any atom is -0.481 e. The number of rotatable bonds is 3. The lowest BCUT2D eigenvalue weighted by molar-refractivity contribution is -0.137. The van der Waals surface area contributed by atoms with Crippen molar-refractivity contribution in [3.05, 3.63) is 23.9 Å². The number of carboxylic acid groups (broad SMARTS) is 1. The van der Waals surface area contributed by atoms with Crippen molar-refractivity contribution in [2.24, 2.45) is 0 Å². The summed E-state index contributed by atoms with van der Waals surface area (Å²) in [6, 6.07) is 1.28. The van der Waals surface area contributed by atoms with E-state index in [2.05, 4.69) is 15.0 Å². The Kier molecular flexibility index (Phi) is 2.32. The zero-order valence-electron chi connectivity index (χ0n) is 7.70. The number of fused-ring (bicyclic) bond motifs is 1. The fraction of sp³-hybridized carbons (Fsp3) is 0.222. The molecule has 0 saturated heterocycles. The van der Waals surface area contributed by atoms with Crippen LogP contribution in [0.25, 0.3) is 11.2 Å². The number of aliphatic carboxylic acids is 1. The van der Waals surface area contributed by atoms with E-state index >= 15 is 0 Å². The van der Waals surface area contributed by atoms with Crippen LogP contribution in [0.2, 0.25) is 0 Å². The van der Waals surface area contributed by atoms with Crippen molar-refractivity contribution in [1.29, 1.82) is 0 Å². The van der Waals surface area contributed by atoms with Crippen LogP contribution in [0.15, 0.2) is 12.3 Å². The molecular weight excluding hydrogens is 201 g/mol. The van der Waals surface area contributed by atoms with Crippen molar-refractivity contribution >= 4 is 17.1 Å². The summed E-state index contributed by atoms with van der Waals surface area (Å²) in [5.41, 5.74) is 0.882. The van der Waals surface area contributed by atoms with Crippen molar-refractivity contribution in [1.82, 2.24) is 15.0 Å². The number of H-pyrrole nitrogens is 1. The molecule has 2 heterocycles. The van der Waals surface area contributed by atoms with Gasteiger partial charge in [-0.25, -0.2) is 14.4 Å². The monoisotopic (exact) mass is 209 g/mol. The third-order valence-corrected chi connectivity index (χ3v) is 1.93. The summed E-state index contributed by atoms with van der Waals surface area (Å²) < 4.78 is 12.8. The second-order valence-corrected chi connectivity index (χ2v) is 3.10. The van der Waals surface area contributed by atoms with E-state index in [1.807, 2.05) is 0 Å². The summed E-state index contributed by atoms with van der Waals surface area (Å²) in [5.74, 6) is -0.837. The number of halogens is 1. The van der Waals surface area contributed by atoms with Crippen molar-refractivity contribution in [2.75, 3.05) is 0 Å². The van der Waals surface area contributed by atoms with Crippen molar-refractivity contribution in [3.63, 3.8) is 0 Å². The van der Waals surface area contributed by atoms with E-state index < -0.39 is 11.8 Å². The van der Waals surface area contributed by atoms with Gasteiger partial charge in [0.2, 0.25) is 0 Å². The molecule has 0 aliphatic carbocycles. The maximum Gasteiger partial charge on any atom is 0.303 e. The SMILES string of the molecule is O=C(O)CCc1nc2ncc(F)cc2[nH]1. The third-order valence-electron chi connectivity index (χ3n) is 1.93. The zero-order valence-corrected chi connectivity index (χ0v) is 7.70. The molecule has 0 atom stereocenters. The Balaban J connectivity index is 2.27. The molecule has 0 amide bonds. The van der Waals surface area contributed by atoms with Crippen molar-refractivity contribution < 1.29 is 14.3 Å². The van der Waals surface area contributed by atoms with Crippen LogP contribution in [0, 0.1) is 5.82 Å². The summed E-state index contributed by atoms with van der Waals surface area (Å²) in [6.07, 6.45) is 1.35. The van der Waals surface area contributed by atoms with Crippen LogP contribution in [0.5, 0.6) is 0 Å². The summed E-state index contributed by atoms with van der Waals surface area (Å²) in [7, 11) is 0. The van der Waals surface area contributed by atoms with Crippen LogP contribution >= 0.6 is 0 Å². The van der Waals surface area contributed by atoms with Gasteiger partial charge in [0, 0.05) is 12.5 Å². The number of imidazole rings is 1. The van der Waals surface area contributed by atoms with Crippen LogP contribution < -0.4 is 0 Å². The Bertz CT molecular complexity index is 509. The number of aryl methyl sites for hydroxylation is 1. The second-order valence-electron chi connectivity index (χ2n) is 3.10. The van der Waals surface area contributed by atoms with E-state index in [1.165, 1.54) is 6.07 Å². The van der Waals surface area contributed by atoms with Gasteiger partial charge in [0.1, 0.15) is 11.6 Å². The molecule has 0 fully saturated rings. The van der Waals surface area contributed by atoms with Gasteiger partial charge < -0.3 is 10.1 Å². The highest BCUT2D eigenvalue weighted by Crippen LogP contribution is 2.10.